The average Bonchev–Trinajstić information content (AvgIpc) is 3.19. The number of hydrogen-bond donors (Lipinski definition) is 0. The van der Waals surface area contributed by atoms with E-state index in [2.05, 4.69) is 6.08 Å². The third-order valence-electron chi connectivity index (χ3n) is 5.36. The molecule has 1 amide bonds. The first-order valence-corrected chi connectivity index (χ1v) is 7.62. The van der Waals surface area contributed by atoms with E-state index in [-0.39, 0.29) is 29.3 Å². The van der Waals surface area contributed by atoms with E-state index in [0.29, 0.717) is 18.5 Å². The van der Waals surface area contributed by atoms with Gasteiger partial charge in [0.15, 0.2) is 0 Å². The largest absolute Gasteiger partial charge is 0.423 e. The highest BCUT2D eigenvalue weighted by atomic mass is 19.4. The highest BCUT2D eigenvalue weighted by molar-refractivity contribution is 5.98. The van der Waals surface area contributed by atoms with E-state index in [4.69, 9.17) is 0 Å². The van der Waals surface area contributed by atoms with Gasteiger partial charge in [-0.15, -0.1) is 0 Å². The van der Waals surface area contributed by atoms with E-state index >= 15 is 0 Å². The first kappa shape index (κ1) is 15.2. The van der Waals surface area contributed by atoms with Crippen LogP contribution in [0, 0.1) is 33.8 Å². The van der Waals surface area contributed by atoms with E-state index in [0.717, 1.165) is 12.5 Å². The molecule has 1 saturated heterocycles. The summed E-state index contributed by atoms with van der Waals surface area (Å²) in [7, 11) is 0. The maximum Gasteiger partial charge on any atom is 0.423 e. The van der Waals surface area contributed by atoms with Crippen LogP contribution < -0.4 is 4.90 Å². The second-order valence-electron chi connectivity index (χ2n) is 6.54. The second-order valence-corrected chi connectivity index (χ2v) is 6.54. The minimum atomic E-state index is -4.85. The van der Waals surface area contributed by atoms with Crippen LogP contribution >= 0.6 is 0 Å². The van der Waals surface area contributed by atoms with Gasteiger partial charge in [-0.25, -0.2) is 0 Å². The Balaban J connectivity index is 1.71. The van der Waals surface area contributed by atoms with Crippen molar-refractivity contribution in [1.82, 2.24) is 0 Å². The molecule has 0 spiro atoms. The summed E-state index contributed by atoms with van der Waals surface area (Å²) in [5.74, 6) is 0.229. The Bertz CT molecular complexity index is 774. The topological polar surface area (TPSA) is 63.5 Å². The van der Waals surface area contributed by atoms with Crippen molar-refractivity contribution in [3.8, 4) is 0 Å². The molecular formula is C16H13F3N2O3. The lowest BCUT2D eigenvalue weighted by Crippen LogP contribution is -2.29. The van der Waals surface area contributed by atoms with Gasteiger partial charge in [0.1, 0.15) is 5.56 Å². The number of anilines is 1. The van der Waals surface area contributed by atoms with Crippen LogP contribution in [0.3, 0.4) is 0 Å². The molecule has 1 saturated carbocycles. The summed E-state index contributed by atoms with van der Waals surface area (Å²) in [5.41, 5.74) is -2.25. The molecule has 0 radical (unpaired) electrons. The van der Waals surface area contributed by atoms with Crippen molar-refractivity contribution in [3.63, 3.8) is 0 Å². The zero-order valence-electron chi connectivity index (χ0n) is 12.4. The Hall–Kier alpha value is -2.38. The Labute approximate surface area is 134 Å². The van der Waals surface area contributed by atoms with Crippen LogP contribution in [0.15, 0.2) is 30.4 Å². The minimum absolute atomic E-state index is 0.0757. The molecule has 3 aliphatic rings. The summed E-state index contributed by atoms with van der Waals surface area (Å²) in [6.07, 6.45) is 0.185. The molecule has 0 unspecified atom stereocenters. The summed E-state index contributed by atoms with van der Waals surface area (Å²) in [5, 5.41) is 10.8. The van der Waals surface area contributed by atoms with Crippen molar-refractivity contribution in [2.45, 2.75) is 12.6 Å². The van der Waals surface area contributed by atoms with Crippen molar-refractivity contribution in [2.24, 2.45) is 23.7 Å². The fourth-order valence-corrected chi connectivity index (χ4v) is 4.33. The quantitative estimate of drug-likeness (QED) is 0.472. The number of carbonyl (C=O) groups is 1. The maximum atomic E-state index is 13.1. The summed E-state index contributed by atoms with van der Waals surface area (Å²) < 4.78 is 39.4. The number of hydrogen-bond acceptors (Lipinski definition) is 3. The molecule has 2 bridgehead atoms. The normalized spacial score (nSPS) is 31.0. The van der Waals surface area contributed by atoms with E-state index in [9.17, 15) is 28.1 Å². The van der Waals surface area contributed by atoms with Gasteiger partial charge in [-0.1, -0.05) is 12.2 Å². The fourth-order valence-electron chi connectivity index (χ4n) is 4.33. The van der Waals surface area contributed by atoms with Crippen LogP contribution in [0.4, 0.5) is 24.5 Å². The lowest BCUT2D eigenvalue weighted by Gasteiger charge is -2.20. The van der Waals surface area contributed by atoms with Gasteiger partial charge < -0.3 is 4.90 Å². The summed E-state index contributed by atoms with van der Waals surface area (Å²) in [4.78, 5) is 23.8. The molecule has 126 valence electrons. The number of rotatable bonds is 2. The van der Waals surface area contributed by atoms with E-state index in [1.165, 1.54) is 11.0 Å². The molecule has 1 aliphatic heterocycles. The van der Waals surface area contributed by atoms with Crippen molar-refractivity contribution < 1.29 is 22.9 Å². The summed E-state index contributed by atoms with van der Waals surface area (Å²) in [6.45, 7) is 0.365. The molecule has 4 atom stereocenters. The Kier molecular flexibility index (Phi) is 3.04. The third-order valence-corrected chi connectivity index (χ3v) is 5.36. The highest BCUT2D eigenvalue weighted by Gasteiger charge is 2.54. The number of fused-ring (bicyclic) bond motifs is 5. The second kappa shape index (κ2) is 4.81. The van der Waals surface area contributed by atoms with Crippen LogP contribution in [-0.4, -0.2) is 17.4 Å². The van der Waals surface area contributed by atoms with E-state index in [1.54, 1.807) is 0 Å². The standard InChI is InChI=1S/C16H13F3N2O3/c17-16(18,19)12-6-10(3-4-13(12)21(23)24)20-7-11-8-1-2-9(5-8)14(11)15(20)22/h1-4,6,8-9,11,14H,5,7H2/t8-,9+,11-,14+/m1/s1. The predicted octanol–water partition coefficient (Wildman–Crippen LogP) is 3.40. The number of amides is 1. The van der Waals surface area contributed by atoms with Crippen LogP contribution in [0.25, 0.3) is 0 Å². The zero-order chi connectivity index (χ0) is 17.2. The molecule has 0 N–H and O–H groups in total. The molecule has 1 aromatic carbocycles. The summed E-state index contributed by atoms with van der Waals surface area (Å²) >= 11 is 0. The lowest BCUT2D eigenvalue weighted by atomic mass is 9.86. The van der Waals surface area contributed by atoms with Crippen LogP contribution in [0.1, 0.15) is 12.0 Å². The maximum absolute atomic E-state index is 13.1. The van der Waals surface area contributed by atoms with Gasteiger partial charge in [-0.05, 0) is 36.3 Å². The number of alkyl halides is 3. The Morgan fingerprint density at radius 2 is 1.92 bits per heavy atom. The predicted molar refractivity (Wildman–Crippen MR) is 78.2 cm³/mol. The highest BCUT2D eigenvalue weighted by Crippen LogP contribution is 2.53. The zero-order valence-corrected chi connectivity index (χ0v) is 12.4. The van der Waals surface area contributed by atoms with Gasteiger partial charge in [0, 0.05) is 24.2 Å². The number of carbonyl (C=O) groups excluding carboxylic acids is 1. The number of halogens is 3. The van der Waals surface area contributed by atoms with E-state index < -0.39 is 22.4 Å². The molecule has 0 aromatic heterocycles. The molecule has 1 aromatic rings. The summed E-state index contributed by atoms with van der Waals surface area (Å²) in [6, 6.07) is 2.76. The van der Waals surface area contributed by atoms with Gasteiger partial charge in [-0.3, -0.25) is 14.9 Å². The molecular weight excluding hydrogens is 325 g/mol. The molecule has 5 nitrogen and oxygen atoms in total. The molecule has 8 heteroatoms. The van der Waals surface area contributed by atoms with Crippen molar-refractivity contribution in [1.29, 1.82) is 0 Å². The number of nitro groups is 1. The van der Waals surface area contributed by atoms with Gasteiger partial charge >= 0.3 is 6.18 Å². The van der Waals surface area contributed by atoms with E-state index in [1.807, 2.05) is 6.08 Å². The molecule has 2 aliphatic carbocycles. The fraction of sp³-hybridized carbons (Fsp3) is 0.438. The molecule has 2 fully saturated rings. The lowest BCUT2D eigenvalue weighted by molar-refractivity contribution is -0.388. The Morgan fingerprint density at radius 1 is 1.21 bits per heavy atom. The van der Waals surface area contributed by atoms with Gasteiger partial charge in [-0.2, -0.15) is 13.2 Å². The van der Waals surface area contributed by atoms with Crippen LogP contribution in [0.2, 0.25) is 0 Å². The van der Waals surface area contributed by atoms with Gasteiger partial charge in [0.2, 0.25) is 5.91 Å². The Morgan fingerprint density at radius 3 is 2.54 bits per heavy atom. The minimum Gasteiger partial charge on any atom is -0.312 e. The van der Waals surface area contributed by atoms with Crippen molar-refractivity contribution in [2.75, 3.05) is 11.4 Å². The van der Waals surface area contributed by atoms with Crippen LogP contribution in [0.5, 0.6) is 0 Å². The number of benzene rings is 1. The molecule has 4 rings (SSSR count). The SMILES string of the molecule is O=C1[C@@H]2[C@H](CN1c1ccc([N+](=O)[O-])c(C(F)(F)F)c1)[C@@H]1C=C[C@H]2C1. The first-order chi connectivity index (χ1) is 11.3. The molecule has 24 heavy (non-hydrogen) atoms. The van der Waals surface area contributed by atoms with Crippen molar-refractivity contribution in [3.05, 3.63) is 46.0 Å². The van der Waals surface area contributed by atoms with Gasteiger partial charge in [0.05, 0.1) is 4.92 Å². The number of allylic oxidation sites excluding steroid dienone is 2. The molecule has 1 heterocycles. The number of nitro benzene ring substituents is 1. The average molecular weight is 338 g/mol. The third kappa shape index (κ3) is 2.05. The monoisotopic (exact) mass is 338 g/mol. The van der Waals surface area contributed by atoms with Crippen LogP contribution in [-0.2, 0) is 11.0 Å². The van der Waals surface area contributed by atoms with Gasteiger partial charge in [0.25, 0.3) is 5.69 Å². The van der Waals surface area contributed by atoms with Crippen molar-refractivity contribution >= 4 is 17.3 Å². The number of nitrogens with zero attached hydrogens (tertiary/aromatic N) is 2. The first-order valence-electron chi connectivity index (χ1n) is 7.62. The smallest absolute Gasteiger partial charge is 0.312 e.